The summed E-state index contributed by atoms with van der Waals surface area (Å²) in [6.07, 6.45) is 0. The molecule has 4 nitrogen and oxygen atoms in total. The van der Waals surface area contributed by atoms with Crippen molar-refractivity contribution in [1.82, 2.24) is 4.72 Å². The molecule has 0 saturated heterocycles. The van der Waals surface area contributed by atoms with Gasteiger partial charge in [-0.2, -0.15) is 0 Å². The van der Waals surface area contributed by atoms with E-state index in [1.165, 1.54) is 0 Å². The Labute approximate surface area is 145 Å². The number of Topliss-reactive ketones (excluding diaryl/α,β-unsaturated/α-hetero) is 1. The summed E-state index contributed by atoms with van der Waals surface area (Å²) < 4.78 is 27.1. The molecule has 1 N–H and O–H groups in total. The first kappa shape index (κ1) is 17.8. The summed E-state index contributed by atoms with van der Waals surface area (Å²) in [5.41, 5.74) is 2.48. The van der Waals surface area contributed by atoms with Crippen molar-refractivity contribution in [3.8, 4) is 0 Å². The number of carbonyl (C=O) groups excluding carboxylic acids is 1. The second-order valence-electron chi connectivity index (χ2n) is 5.30. The summed E-state index contributed by atoms with van der Waals surface area (Å²) >= 11 is 3.25. The number of aryl methyl sites for hydroxylation is 2. The van der Waals surface area contributed by atoms with Crippen LogP contribution in [-0.4, -0.2) is 25.6 Å². The van der Waals surface area contributed by atoms with Gasteiger partial charge < -0.3 is 0 Å². The summed E-state index contributed by atoms with van der Waals surface area (Å²) in [5, 5.41) is 0. The number of carbonyl (C=O) groups is 1. The van der Waals surface area contributed by atoms with Crippen molar-refractivity contribution in [3.05, 3.63) is 65.2 Å². The van der Waals surface area contributed by atoms with Crippen LogP contribution in [0, 0.1) is 13.8 Å². The number of benzene rings is 2. The maximum atomic E-state index is 12.3. The highest BCUT2D eigenvalue weighted by atomic mass is 79.9. The number of ketones is 1. The summed E-state index contributed by atoms with van der Waals surface area (Å²) in [5.74, 6) is -0.159. The highest BCUT2D eigenvalue weighted by Gasteiger charge is 2.21. The van der Waals surface area contributed by atoms with E-state index in [4.69, 9.17) is 0 Å². The summed E-state index contributed by atoms with van der Waals surface area (Å²) in [4.78, 5) is 11.8. The topological polar surface area (TPSA) is 63.2 Å². The van der Waals surface area contributed by atoms with Crippen LogP contribution in [0.2, 0.25) is 0 Å². The molecule has 0 aliphatic heterocycles. The van der Waals surface area contributed by atoms with E-state index in [2.05, 4.69) is 20.7 Å². The first-order valence-corrected chi connectivity index (χ1v) is 9.51. The summed E-state index contributed by atoms with van der Waals surface area (Å²) in [6.45, 7) is 3.77. The molecule has 0 saturated carbocycles. The van der Waals surface area contributed by atoms with E-state index in [0.29, 0.717) is 5.56 Å². The molecule has 2 aromatic carbocycles. The van der Waals surface area contributed by atoms with Crippen molar-refractivity contribution in [2.24, 2.45) is 0 Å². The van der Waals surface area contributed by atoms with Gasteiger partial charge in [0.1, 0.15) is 0 Å². The Morgan fingerprint density at radius 3 is 2.35 bits per heavy atom. The fourth-order valence-corrected chi connectivity index (χ4v) is 3.80. The second-order valence-corrected chi connectivity index (χ2v) is 8.17. The standard InChI is InChI=1S/C17H18BrNO3S/c1-12-8-9-15(10-13(12)2)23(21,22)19-11-16(18)17(20)14-6-4-3-5-7-14/h3-10,16,19H,11H2,1-2H3. The molecule has 2 rings (SSSR count). The molecule has 0 aliphatic carbocycles. The van der Waals surface area contributed by atoms with Gasteiger partial charge >= 0.3 is 0 Å². The van der Waals surface area contributed by atoms with Gasteiger partial charge in [-0.15, -0.1) is 0 Å². The third kappa shape index (κ3) is 4.50. The van der Waals surface area contributed by atoms with Gasteiger partial charge in [0.05, 0.1) is 9.72 Å². The SMILES string of the molecule is Cc1ccc(S(=O)(=O)NCC(Br)C(=O)c2ccccc2)cc1C. The molecule has 0 amide bonds. The molecule has 0 aromatic heterocycles. The highest BCUT2D eigenvalue weighted by Crippen LogP contribution is 2.15. The maximum Gasteiger partial charge on any atom is 0.240 e. The van der Waals surface area contributed by atoms with Crippen LogP contribution in [0.5, 0.6) is 0 Å². The number of alkyl halides is 1. The zero-order valence-electron chi connectivity index (χ0n) is 12.9. The number of halogens is 1. The Kier molecular flexibility index (Phi) is 5.73. The van der Waals surface area contributed by atoms with Crippen LogP contribution in [0.4, 0.5) is 0 Å². The number of nitrogens with one attached hydrogen (secondary N) is 1. The van der Waals surface area contributed by atoms with E-state index in [1.807, 2.05) is 19.9 Å². The van der Waals surface area contributed by atoms with E-state index in [0.717, 1.165) is 11.1 Å². The lowest BCUT2D eigenvalue weighted by molar-refractivity contribution is 0.0992. The van der Waals surface area contributed by atoms with Gasteiger partial charge in [-0.3, -0.25) is 4.79 Å². The van der Waals surface area contributed by atoms with Crippen molar-refractivity contribution in [3.63, 3.8) is 0 Å². The highest BCUT2D eigenvalue weighted by molar-refractivity contribution is 9.10. The maximum absolute atomic E-state index is 12.3. The molecule has 0 aliphatic rings. The van der Waals surface area contributed by atoms with Gasteiger partial charge in [-0.05, 0) is 37.1 Å². The first-order chi connectivity index (χ1) is 10.8. The Morgan fingerprint density at radius 1 is 1.09 bits per heavy atom. The Morgan fingerprint density at radius 2 is 1.74 bits per heavy atom. The average molecular weight is 396 g/mol. The minimum Gasteiger partial charge on any atom is -0.293 e. The lowest BCUT2D eigenvalue weighted by Gasteiger charge is -2.12. The van der Waals surface area contributed by atoms with E-state index in [9.17, 15) is 13.2 Å². The van der Waals surface area contributed by atoms with Crippen molar-refractivity contribution in [2.45, 2.75) is 23.6 Å². The van der Waals surface area contributed by atoms with Gasteiger partial charge in [-0.1, -0.05) is 52.3 Å². The van der Waals surface area contributed by atoms with Crippen molar-refractivity contribution in [1.29, 1.82) is 0 Å². The van der Waals surface area contributed by atoms with Gasteiger partial charge in [0.2, 0.25) is 10.0 Å². The molecule has 122 valence electrons. The molecule has 0 fully saturated rings. The monoisotopic (exact) mass is 395 g/mol. The number of rotatable bonds is 6. The third-order valence-electron chi connectivity index (χ3n) is 3.58. The molecule has 6 heteroatoms. The van der Waals surface area contributed by atoms with Crippen LogP contribution in [0.25, 0.3) is 0 Å². The zero-order valence-corrected chi connectivity index (χ0v) is 15.3. The minimum atomic E-state index is -3.64. The lowest BCUT2D eigenvalue weighted by atomic mass is 10.1. The van der Waals surface area contributed by atoms with Gasteiger partial charge in [0, 0.05) is 12.1 Å². The quantitative estimate of drug-likeness (QED) is 0.603. The van der Waals surface area contributed by atoms with Crippen molar-refractivity contribution in [2.75, 3.05) is 6.54 Å². The average Bonchev–Trinajstić information content (AvgIpc) is 2.55. The number of sulfonamides is 1. The van der Waals surface area contributed by atoms with E-state index < -0.39 is 14.9 Å². The zero-order chi connectivity index (χ0) is 17.0. The smallest absolute Gasteiger partial charge is 0.240 e. The largest absolute Gasteiger partial charge is 0.293 e. The molecule has 0 heterocycles. The van der Waals surface area contributed by atoms with Crippen LogP contribution in [0.15, 0.2) is 53.4 Å². The molecule has 0 radical (unpaired) electrons. The molecule has 2 aromatic rings. The fourth-order valence-electron chi connectivity index (χ4n) is 2.02. The minimum absolute atomic E-state index is 0.0109. The molecule has 1 atom stereocenters. The number of hydrogen-bond donors (Lipinski definition) is 1. The number of hydrogen-bond acceptors (Lipinski definition) is 3. The van der Waals surface area contributed by atoms with Crippen LogP contribution in [0.1, 0.15) is 21.5 Å². The third-order valence-corrected chi connectivity index (χ3v) is 5.74. The predicted molar refractivity (Wildman–Crippen MR) is 94.6 cm³/mol. The first-order valence-electron chi connectivity index (χ1n) is 7.11. The van der Waals surface area contributed by atoms with Crippen LogP contribution in [0.3, 0.4) is 0 Å². The Bertz CT molecular complexity index is 804. The van der Waals surface area contributed by atoms with Gasteiger partial charge in [-0.25, -0.2) is 13.1 Å². The molecular formula is C17H18BrNO3S. The van der Waals surface area contributed by atoms with Crippen LogP contribution < -0.4 is 4.72 Å². The fraction of sp³-hybridized carbons (Fsp3) is 0.235. The van der Waals surface area contributed by atoms with E-state index in [1.54, 1.807) is 42.5 Å². The summed E-state index contributed by atoms with van der Waals surface area (Å²) in [6, 6.07) is 13.7. The van der Waals surface area contributed by atoms with Gasteiger partial charge in [0.25, 0.3) is 0 Å². The molecule has 1 unspecified atom stereocenters. The molecule has 0 spiro atoms. The van der Waals surface area contributed by atoms with Crippen molar-refractivity contribution < 1.29 is 13.2 Å². The van der Waals surface area contributed by atoms with Gasteiger partial charge in [0.15, 0.2) is 5.78 Å². The van der Waals surface area contributed by atoms with Crippen molar-refractivity contribution >= 4 is 31.7 Å². The van der Waals surface area contributed by atoms with E-state index >= 15 is 0 Å². The lowest BCUT2D eigenvalue weighted by Crippen LogP contribution is -2.33. The summed E-state index contributed by atoms with van der Waals surface area (Å²) in [7, 11) is -3.64. The second kappa shape index (κ2) is 7.38. The molecule has 23 heavy (non-hydrogen) atoms. The van der Waals surface area contributed by atoms with Crippen LogP contribution in [-0.2, 0) is 10.0 Å². The molecular weight excluding hydrogens is 378 g/mol. The Balaban J connectivity index is 2.07. The molecule has 0 bridgehead atoms. The predicted octanol–water partition coefficient (Wildman–Crippen LogP) is 3.23. The van der Waals surface area contributed by atoms with E-state index in [-0.39, 0.29) is 17.2 Å². The Hall–Kier alpha value is -1.50. The van der Waals surface area contributed by atoms with Crippen LogP contribution >= 0.6 is 15.9 Å². The normalized spacial score (nSPS) is 12.8.